The van der Waals surface area contributed by atoms with Crippen molar-refractivity contribution in [1.82, 2.24) is 15.1 Å². The third-order valence-corrected chi connectivity index (χ3v) is 5.58. The van der Waals surface area contributed by atoms with Gasteiger partial charge in [-0.1, -0.05) is 37.6 Å². The summed E-state index contributed by atoms with van der Waals surface area (Å²) in [6, 6.07) is 12.0. The van der Waals surface area contributed by atoms with E-state index in [1.54, 1.807) is 11.1 Å². The quantitative estimate of drug-likeness (QED) is 0.638. The first kappa shape index (κ1) is 18.5. The lowest BCUT2D eigenvalue weighted by molar-refractivity contribution is 0.0785. The van der Waals surface area contributed by atoms with Crippen molar-refractivity contribution < 1.29 is 9.53 Å². The Kier molecular flexibility index (Phi) is 5.33. The minimum absolute atomic E-state index is 0.00183. The Hall–Kier alpha value is -2.82. The molecule has 1 aromatic heterocycles. The predicted molar refractivity (Wildman–Crippen MR) is 111 cm³/mol. The average Bonchev–Trinajstić information content (AvgIpc) is 3.15. The Bertz CT molecular complexity index is 975. The van der Waals surface area contributed by atoms with Crippen LogP contribution in [0.4, 0.5) is 0 Å². The van der Waals surface area contributed by atoms with Gasteiger partial charge >= 0.3 is 0 Å². The summed E-state index contributed by atoms with van der Waals surface area (Å²) in [5, 5.41) is 8.19. The lowest BCUT2D eigenvalue weighted by Crippen LogP contribution is -2.26. The molecule has 1 aliphatic carbocycles. The van der Waals surface area contributed by atoms with Gasteiger partial charge in [0.2, 0.25) is 0 Å². The Morgan fingerprint density at radius 3 is 2.89 bits per heavy atom. The predicted octanol–water partition coefficient (Wildman–Crippen LogP) is 4.89. The van der Waals surface area contributed by atoms with Gasteiger partial charge in [0.15, 0.2) is 0 Å². The second-order valence-corrected chi connectivity index (χ2v) is 7.64. The average molecular weight is 377 g/mol. The first-order chi connectivity index (χ1) is 13.7. The standard InChI is InChI=1S/C23H27N3O2/c1-3-12-28-21-13-17(10-11-20(21)16-6-4-7-16)23(27)26(2)15-19-9-5-8-18-14-24-25-22(18)19/h5,8-11,13-14,16H,3-4,6-7,12,15H2,1-2H3,(H,24,25). The van der Waals surface area contributed by atoms with E-state index in [4.69, 9.17) is 4.74 Å². The zero-order valence-electron chi connectivity index (χ0n) is 16.6. The fourth-order valence-electron chi connectivity index (χ4n) is 3.77. The number of carbonyl (C=O) groups excluding carboxylic acids is 1. The molecular formula is C23H27N3O2. The zero-order valence-corrected chi connectivity index (χ0v) is 16.6. The SMILES string of the molecule is CCCOc1cc(C(=O)N(C)Cc2cccc3cn[nH]c23)ccc1C1CCC1. The summed E-state index contributed by atoms with van der Waals surface area (Å²) in [6.45, 7) is 3.30. The second kappa shape index (κ2) is 8.05. The third kappa shape index (κ3) is 3.61. The van der Waals surface area contributed by atoms with Gasteiger partial charge in [0.1, 0.15) is 5.75 Å². The highest BCUT2D eigenvalue weighted by Gasteiger charge is 2.24. The van der Waals surface area contributed by atoms with E-state index in [1.807, 2.05) is 37.4 Å². The summed E-state index contributed by atoms with van der Waals surface area (Å²) in [4.78, 5) is 14.8. The number of amides is 1. The second-order valence-electron chi connectivity index (χ2n) is 7.64. The number of nitrogens with one attached hydrogen (secondary N) is 1. The van der Waals surface area contributed by atoms with Crippen LogP contribution in [0, 0.1) is 0 Å². The molecule has 2 aromatic carbocycles. The van der Waals surface area contributed by atoms with E-state index in [2.05, 4.69) is 23.2 Å². The lowest BCUT2D eigenvalue weighted by atomic mass is 9.79. The van der Waals surface area contributed by atoms with Crippen molar-refractivity contribution in [2.75, 3.05) is 13.7 Å². The molecule has 1 aliphatic rings. The summed E-state index contributed by atoms with van der Waals surface area (Å²) >= 11 is 0. The molecule has 0 unspecified atom stereocenters. The van der Waals surface area contributed by atoms with Crippen molar-refractivity contribution in [3.63, 3.8) is 0 Å². The number of para-hydroxylation sites is 1. The molecule has 0 radical (unpaired) electrons. The van der Waals surface area contributed by atoms with Crippen LogP contribution in [-0.2, 0) is 6.54 Å². The Morgan fingerprint density at radius 1 is 1.29 bits per heavy atom. The van der Waals surface area contributed by atoms with Gasteiger partial charge in [-0.2, -0.15) is 5.10 Å². The number of fused-ring (bicyclic) bond motifs is 1. The number of carbonyl (C=O) groups is 1. The van der Waals surface area contributed by atoms with Gasteiger partial charge in [-0.15, -0.1) is 0 Å². The molecule has 0 saturated heterocycles. The van der Waals surface area contributed by atoms with E-state index in [0.29, 0.717) is 24.6 Å². The first-order valence-corrected chi connectivity index (χ1v) is 10.1. The third-order valence-electron chi connectivity index (χ3n) is 5.58. The van der Waals surface area contributed by atoms with Gasteiger partial charge in [0.25, 0.3) is 5.91 Å². The molecule has 0 bridgehead atoms. The molecule has 1 N–H and O–H groups in total. The van der Waals surface area contributed by atoms with Crippen molar-refractivity contribution in [3.8, 4) is 5.75 Å². The van der Waals surface area contributed by atoms with Gasteiger partial charge in [-0.05, 0) is 48.4 Å². The van der Waals surface area contributed by atoms with Crippen LogP contribution < -0.4 is 4.74 Å². The molecule has 4 rings (SSSR count). The number of benzene rings is 2. The van der Waals surface area contributed by atoms with Crippen LogP contribution in [-0.4, -0.2) is 34.7 Å². The number of hydrogen-bond acceptors (Lipinski definition) is 3. The summed E-state index contributed by atoms with van der Waals surface area (Å²) in [6.07, 6.45) is 6.46. The lowest BCUT2D eigenvalue weighted by Gasteiger charge is -2.28. The number of ether oxygens (including phenoxy) is 1. The Balaban J connectivity index is 1.55. The Labute approximate surface area is 165 Å². The molecule has 5 heteroatoms. The maximum Gasteiger partial charge on any atom is 0.254 e. The van der Waals surface area contributed by atoms with Crippen LogP contribution in [0.2, 0.25) is 0 Å². The van der Waals surface area contributed by atoms with E-state index < -0.39 is 0 Å². The molecule has 0 aliphatic heterocycles. The number of nitrogens with zero attached hydrogens (tertiary/aromatic N) is 2. The number of rotatable bonds is 7. The smallest absolute Gasteiger partial charge is 0.254 e. The maximum atomic E-state index is 13.1. The molecule has 3 aromatic rings. The van der Waals surface area contributed by atoms with Crippen LogP contribution in [0.1, 0.15) is 60.0 Å². The van der Waals surface area contributed by atoms with Gasteiger partial charge < -0.3 is 9.64 Å². The molecule has 0 atom stereocenters. The summed E-state index contributed by atoms with van der Waals surface area (Å²) < 4.78 is 6.00. The van der Waals surface area contributed by atoms with Crippen molar-refractivity contribution in [1.29, 1.82) is 0 Å². The number of H-pyrrole nitrogens is 1. The van der Waals surface area contributed by atoms with Gasteiger partial charge in [0, 0.05) is 24.5 Å². The van der Waals surface area contributed by atoms with Crippen molar-refractivity contribution in [2.24, 2.45) is 0 Å². The minimum Gasteiger partial charge on any atom is -0.493 e. The highest BCUT2D eigenvalue weighted by atomic mass is 16.5. The van der Waals surface area contributed by atoms with Crippen LogP contribution in [0.25, 0.3) is 10.9 Å². The van der Waals surface area contributed by atoms with E-state index in [0.717, 1.165) is 28.6 Å². The number of aromatic amines is 1. The topological polar surface area (TPSA) is 58.2 Å². The summed E-state index contributed by atoms with van der Waals surface area (Å²) in [5.41, 5.74) is 3.96. The van der Waals surface area contributed by atoms with Gasteiger partial charge in [0.05, 0.1) is 18.3 Å². The highest BCUT2D eigenvalue weighted by molar-refractivity contribution is 5.95. The van der Waals surface area contributed by atoms with Gasteiger partial charge in [-0.3, -0.25) is 9.89 Å². The largest absolute Gasteiger partial charge is 0.493 e. The maximum absolute atomic E-state index is 13.1. The zero-order chi connectivity index (χ0) is 19.5. The fraction of sp³-hybridized carbons (Fsp3) is 0.391. The molecule has 1 heterocycles. The highest BCUT2D eigenvalue weighted by Crippen LogP contribution is 2.41. The molecule has 1 amide bonds. The van der Waals surface area contributed by atoms with E-state index in [9.17, 15) is 4.79 Å². The fourth-order valence-corrected chi connectivity index (χ4v) is 3.77. The molecule has 1 fully saturated rings. The molecule has 0 spiro atoms. The summed E-state index contributed by atoms with van der Waals surface area (Å²) in [7, 11) is 1.84. The number of aromatic nitrogens is 2. The number of hydrogen-bond donors (Lipinski definition) is 1. The Morgan fingerprint density at radius 2 is 2.14 bits per heavy atom. The van der Waals surface area contributed by atoms with E-state index in [-0.39, 0.29) is 5.91 Å². The van der Waals surface area contributed by atoms with Crippen molar-refractivity contribution >= 4 is 16.8 Å². The van der Waals surface area contributed by atoms with Gasteiger partial charge in [-0.25, -0.2) is 0 Å². The normalized spacial score (nSPS) is 14.1. The monoisotopic (exact) mass is 377 g/mol. The van der Waals surface area contributed by atoms with Crippen LogP contribution in [0.3, 0.4) is 0 Å². The summed E-state index contributed by atoms with van der Waals surface area (Å²) in [5.74, 6) is 1.45. The molecule has 5 nitrogen and oxygen atoms in total. The first-order valence-electron chi connectivity index (χ1n) is 10.1. The van der Waals surface area contributed by atoms with Crippen molar-refractivity contribution in [3.05, 3.63) is 59.3 Å². The molecule has 1 saturated carbocycles. The van der Waals surface area contributed by atoms with Crippen molar-refractivity contribution in [2.45, 2.75) is 45.1 Å². The minimum atomic E-state index is -0.00183. The molecule has 28 heavy (non-hydrogen) atoms. The van der Waals surface area contributed by atoms with E-state index in [1.165, 1.54) is 24.8 Å². The van der Waals surface area contributed by atoms with E-state index >= 15 is 0 Å². The van der Waals surface area contributed by atoms with Crippen LogP contribution in [0.5, 0.6) is 5.75 Å². The van der Waals surface area contributed by atoms with Crippen LogP contribution >= 0.6 is 0 Å². The molecular weight excluding hydrogens is 350 g/mol. The van der Waals surface area contributed by atoms with Crippen LogP contribution in [0.15, 0.2) is 42.6 Å². The molecule has 146 valence electrons.